The van der Waals surface area contributed by atoms with E-state index >= 15 is 0 Å². The van der Waals surface area contributed by atoms with Gasteiger partial charge in [-0.3, -0.25) is 0 Å². The second-order valence-electron chi connectivity index (χ2n) is 9.73. The van der Waals surface area contributed by atoms with E-state index in [-0.39, 0.29) is 11.5 Å². The summed E-state index contributed by atoms with van der Waals surface area (Å²) in [5.41, 5.74) is 0. The Balaban J connectivity index is 1.28. The summed E-state index contributed by atoms with van der Waals surface area (Å²) in [6.07, 6.45) is -1.86. The topological polar surface area (TPSA) is 71.1 Å². The average molecular weight is 585 g/mol. The molecule has 0 bridgehead atoms. The molecule has 0 radical (unpaired) electrons. The summed E-state index contributed by atoms with van der Waals surface area (Å²) in [6.45, 7) is 0. The lowest BCUT2D eigenvalue weighted by molar-refractivity contribution is 0.151. The fraction of sp³-hybridized carbons (Fsp3) is 0. The van der Waals surface area contributed by atoms with Crippen LogP contribution in [0.2, 0.25) is 5.02 Å². The van der Waals surface area contributed by atoms with Gasteiger partial charge in [0.2, 0.25) is 0 Å². The van der Waals surface area contributed by atoms with Crippen LogP contribution in [0.15, 0.2) is 127 Å². The molecule has 0 heterocycles. The predicted molar refractivity (Wildman–Crippen MR) is 168 cm³/mol. The molecule has 0 aromatic heterocycles. The highest BCUT2D eigenvalue weighted by Gasteiger charge is 2.23. The van der Waals surface area contributed by atoms with Crippen LogP contribution in [0.3, 0.4) is 0 Å². The van der Waals surface area contributed by atoms with E-state index in [2.05, 4.69) is 0 Å². The first-order valence-electron chi connectivity index (χ1n) is 13.4. The van der Waals surface area contributed by atoms with Crippen molar-refractivity contribution in [3.63, 3.8) is 0 Å². The first-order chi connectivity index (χ1) is 21.1. The third kappa shape index (κ3) is 4.94. The van der Waals surface area contributed by atoms with E-state index in [0.29, 0.717) is 38.1 Å². The molecule has 0 spiro atoms. The molecule has 0 fully saturated rings. The highest BCUT2D eigenvalue weighted by molar-refractivity contribution is 6.37. The molecule has 0 atom stereocenters. The lowest BCUT2D eigenvalue weighted by atomic mass is 10.0. The Labute approximate surface area is 250 Å². The Hall–Kier alpha value is -5.59. The van der Waals surface area contributed by atoms with Crippen LogP contribution >= 0.6 is 11.6 Å². The summed E-state index contributed by atoms with van der Waals surface area (Å²) in [7, 11) is 0. The van der Waals surface area contributed by atoms with Gasteiger partial charge < -0.3 is 18.9 Å². The first-order valence-corrected chi connectivity index (χ1v) is 13.8. The Kier molecular flexibility index (Phi) is 6.74. The minimum absolute atomic E-state index is 0.177. The van der Waals surface area contributed by atoms with Gasteiger partial charge in [-0.25, -0.2) is 9.59 Å². The van der Waals surface area contributed by atoms with Crippen molar-refractivity contribution in [2.24, 2.45) is 0 Å². The minimum Gasteiger partial charge on any atom is -0.394 e. The zero-order valence-electron chi connectivity index (χ0n) is 22.5. The summed E-state index contributed by atoms with van der Waals surface area (Å²) >= 11 is 6.68. The Bertz CT molecular complexity index is 2200. The van der Waals surface area contributed by atoms with Gasteiger partial charge in [0.15, 0.2) is 11.5 Å². The normalized spacial score (nSPS) is 11.1. The Morgan fingerprint density at radius 1 is 0.419 bits per heavy atom. The molecule has 0 aliphatic carbocycles. The van der Waals surface area contributed by atoms with Crippen LogP contribution in [-0.4, -0.2) is 12.3 Å². The van der Waals surface area contributed by atoms with Crippen molar-refractivity contribution in [1.29, 1.82) is 0 Å². The number of carbonyl (C=O) groups is 2. The van der Waals surface area contributed by atoms with E-state index in [4.69, 9.17) is 30.5 Å². The number of hydrogen-bond donors (Lipinski definition) is 0. The van der Waals surface area contributed by atoms with Gasteiger partial charge in [-0.2, -0.15) is 0 Å². The van der Waals surface area contributed by atoms with Crippen molar-refractivity contribution >= 4 is 67.0 Å². The lowest BCUT2D eigenvalue weighted by Gasteiger charge is -2.17. The maximum absolute atomic E-state index is 13.2. The zero-order chi connectivity index (χ0) is 29.3. The van der Waals surface area contributed by atoms with Gasteiger partial charge >= 0.3 is 12.3 Å². The third-order valence-electron chi connectivity index (χ3n) is 7.16. The quantitative estimate of drug-likeness (QED) is 0.116. The van der Waals surface area contributed by atoms with E-state index in [0.717, 1.165) is 21.5 Å². The fourth-order valence-electron chi connectivity index (χ4n) is 5.28. The molecule has 0 aliphatic heterocycles. The molecule has 43 heavy (non-hydrogen) atoms. The third-order valence-corrected chi connectivity index (χ3v) is 7.47. The highest BCUT2D eigenvalue weighted by atomic mass is 35.5. The van der Waals surface area contributed by atoms with Crippen molar-refractivity contribution in [3.8, 4) is 23.0 Å². The standard InChI is InChI=1S/C36H21ClO6/c37-29-19-9-18-28-32(29)34(43-36(39)41-31-21-8-13-23-11-2-4-15-25(23)31)27-17-6-5-16-26(27)33(28)42-35(38)40-30-20-7-12-22-10-1-3-14-24(22)30/h1-21H. The number of benzene rings is 7. The molecule has 7 aromatic carbocycles. The van der Waals surface area contributed by atoms with Crippen LogP contribution in [0.1, 0.15) is 0 Å². The molecule has 0 saturated carbocycles. The van der Waals surface area contributed by atoms with E-state index in [1.807, 2.05) is 60.7 Å². The molecule has 0 saturated heterocycles. The predicted octanol–water partition coefficient (Wildman–Crippen LogP) is 10.1. The lowest BCUT2D eigenvalue weighted by Crippen LogP contribution is -2.16. The van der Waals surface area contributed by atoms with Crippen molar-refractivity contribution in [1.82, 2.24) is 0 Å². The number of hydrogen-bond acceptors (Lipinski definition) is 6. The number of carbonyl (C=O) groups excluding carboxylic acids is 2. The van der Waals surface area contributed by atoms with Crippen LogP contribution in [0, 0.1) is 0 Å². The van der Waals surface area contributed by atoms with Gasteiger partial charge in [-0.05, 0) is 29.0 Å². The van der Waals surface area contributed by atoms with Crippen LogP contribution in [-0.2, 0) is 0 Å². The molecule has 7 heteroatoms. The molecule has 0 N–H and O–H groups in total. The average Bonchev–Trinajstić information content (AvgIpc) is 3.03. The van der Waals surface area contributed by atoms with Crippen molar-refractivity contribution < 1.29 is 28.5 Å². The monoisotopic (exact) mass is 584 g/mol. The second kappa shape index (κ2) is 11.0. The van der Waals surface area contributed by atoms with E-state index in [9.17, 15) is 9.59 Å². The Morgan fingerprint density at radius 3 is 1.42 bits per heavy atom. The zero-order valence-corrected chi connectivity index (χ0v) is 23.2. The molecule has 6 nitrogen and oxygen atoms in total. The highest BCUT2D eigenvalue weighted by Crippen LogP contribution is 2.46. The maximum Gasteiger partial charge on any atom is 0.519 e. The number of fused-ring (bicyclic) bond motifs is 4. The summed E-state index contributed by atoms with van der Waals surface area (Å²) in [6, 6.07) is 38.2. The first kappa shape index (κ1) is 26.3. The van der Waals surface area contributed by atoms with Gasteiger partial charge in [0, 0.05) is 32.3 Å². The maximum atomic E-state index is 13.2. The second-order valence-corrected chi connectivity index (χ2v) is 10.1. The van der Waals surface area contributed by atoms with Crippen LogP contribution < -0.4 is 18.9 Å². The molecule has 7 rings (SSSR count). The fourth-order valence-corrected chi connectivity index (χ4v) is 5.54. The molecule has 0 aliphatic rings. The minimum atomic E-state index is -0.938. The van der Waals surface area contributed by atoms with Gasteiger partial charge in [-0.1, -0.05) is 121 Å². The van der Waals surface area contributed by atoms with Crippen molar-refractivity contribution in [2.75, 3.05) is 0 Å². The summed E-state index contributed by atoms with van der Waals surface area (Å²) < 4.78 is 23.0. The smallest absolute Gasteiger partial charge is 0.394 e. The van der Waals surface area contributed by atoms with Crippen LogP contribution in [0.4, 0.5) is 9.59 Å². The molecule has 0 amide bonds. The number of halogens is 1. The SMILES string of the molecule is O=C(Oc1cccc2ccccc12)Oc1c2ccccc2c(OC(=O)Oc2cccc3ccccc23)c2c(Cl)cccc12. The van der Waals surface area contributed by atoms with Gasteiger partial charge in [0.25, 0.3) is 0 Å². The molecule has 0 unspecified atom stereocenters. The van der Waals surface area contributed by atoms with Crippen molar-refractivity contribution in [3.05, 3.63) is 132 Å². The van der Waals surface area contributed by atoms with E-state index in [1.54, 1.807) is 66.7 Å². The number of ether oxygens (including phenoxy) is 4. The summed E-state index contributed by atoms with van der Waals surface area (Å²) in [5, 5.41) is 5.52. The van der Waals surface area contributed by atoms with E-state index in [1.165, 1.54) is 0 Å². The summed E-state index contributed by atoms with van der Waals surface area (Å²) in [5.74, 6) is 1.12. The van der Waals surface area contributed by atoms with Gasteiger partial charge in [0.05, 0.1) is 5.02 Å². The molecular weight excluding hydrogens is 564 g/mol. The molecule has 7 aromatic rings. The largest absolute Gasteiger partial charge is 0.519 e. The van der Waals surface area contributed by atoms with Crippen molar-refractivity contribution in [2.45, 2.75) is 0 Å². The van der Waals surface area contributed by atoms with Crippen LogP contribution in [0.5, 0.6) is 23.0 Å². The van der Waals surface area contributed by atoms with E-state index < -0.39 is 12.3 Å². The number of rotatable bonds is 4. The summed E-state index contributed by atoms with van der Waals surface area (Å²) in [4.78, 5) is 26.4. The van der Waals surface area contributed by atoms with Gasteiger partial charge in [-0.15, -0.1) is 0 Å². The van der Waals surface area contributed by atoms with Gasteiger partial charge in [0.1, 0.15) is 11.5 Å². The molecular formula is C36H21ClO6. The molecule has 208 valence electrons. The Morgan fingerprint density at radius 2 is 0.837 bits per heavy atom. The van der Waals surface area contributed by atoms with Crippen LogP contribution in [0.25, 0.3) is 43.1 Å².